The van der Waals surface area contributed by atoms with E-state index in [1.807, 2.05) is 0 Å². The lowest BCUT2D eigenvalue weighted by Crippen LogP contribution is -2.39. The normalized spacial score (nSPS) is 30.6. The molecule has 8 nitrogen and oxygen atoms in total. The molecule has 2 atom stereocenters. The summed E-state index contributed by atoms with van der Waals surface area (Å²) >= 11 is 0. The van der Waals surface area contributed by atoms with E-state index in [1.165, 1.54) is 0 Å². The average molecular weight is 388 g/mol. The van der Waals surface area contributed by atoms with Gasteiger partial charge in [0.05, 0.1) is 24.7 Å². The lowest BCUT2D eigenvalue weighted by atomic mass is 9.63. The van der Waals surface area contributed by atoms with Gasteiger partial charge in [-0.1, -0.05) is 20.8 Å². The Morgan fingerprint density at radius 3 is 1.61 bits per heavy atom. The van der Waals surface area contributed by atoms with Crippen LogP contribution in [0.1, 0.15) is 65.7 Å². The Kier molecular flexibility index (Phi) is 9.58. The van der Waals surface area contributed by atoms with Crippen LogP contribution in [0, 0.1) is 10.8 Å². The minimum Gasteiger partial charge on any atom is -0.211 e. The van der Waals surface area contributed by atoms with E-state index in [1.54, 1.807) is 24.3 Å². The van der Waals surface area contributed by atoms with Gasteiger partial charge in [-0.2, -0.15) is 0 Å². The van der Waals surface area contributed by atoms with Crippen molar-refractivity contribution in [2.24, 2.45) is 30.8 Å². The zero-order chi connectivity index (χ0) is 21.0. The van der Waals surface area contributed by atoms with E-state index in [0.29, 0.717) is 6.54 Å². The molecule has 2 rings (SSSR count). The number of hydrogen-bond acceptors (Lipinski definition) is 8. The van der Waals surface area contributed by atoms with Crippen LogP contribution in [0.4, 0.5) is 0 Å². The fourth-order valence-electron chi connectivity index (χ4n) is 4.55. The Balaban J connectivity index is 0.000000292. The third kappa shape index (κ3) is 8.47. The van der Waals surface area contributed by atoms with Crippen molar-refractivity contribution in [3.8, 4) is 0 Å². The van der Waals surface area contributed by atoms with Crippen LogP contribution in [0.5, 0.6) is 0 Å². The molecule has 8 heteroatoms. The molecule has 0 bridgehead atoms. The molecule has 2 aliphatic rings. The van der Waals surface area contributed by atoms with Gasteiger partial charge < -0.3 is 0 Å². The fraction of sp³-hybridized carbons (Fsp3) is 0.800. The van der Waals surface area contributed by atoms with Crippen molar-refractivity contribution in [1.82, 2.24) is 0 Å². The summed E-state index contributed by atoms with van der Waals surface area (Å²) in [5.74, 6) is 0. The van der Waals surface area contributed by atoms with Gasteiger partial charge in [0.15, 0.2) is 0 Å². The molecule has 28 heavy (non-hydrogen) atoms. The van der Waals surface area contributed by atoms with Crippen molar-refractivity contribution >= 4 is 24.3 Å². The quantitative estimate of drug-likeness (QED) is 0.531. The van der Waals surface area contributed by atoms with Crippen LogP contribution in [0.15, 0.2) is 20.0 Å². The van der Waals surface area contributed by atoms with Gasteiger partial charge in [-0.3, -0.25) is 0 Å². The lowest BCUT2D eigenvalue weighted by molar-refractivity contribution is 0.0915. The molecule has 0 amide bonds. The molecule has 2 unspecified atom stereocenters. The van der Waals surface area contributed by atoms with Crippen LogP contribution in [-0.4, -0.2) is 49.0 Å². The molecule has 0 spiro atoms. The molecule has 0 radical (unpaired) electrons. The molecular formula is C20H28N4O4. The highest BCUT2D eigenvalue weighted by atomic mass is 16.1. The number of nitrogens with zero attached hydrogens (tertiary/aromatic N) is 4. The van der Waals surface area contributed by atoms with Crippen LogP contribution in [0.25, 0.3) is 0 Å². The van der Waals surface area contributed by atoms with Crippen molar-refractivity contribution in [1.29, 1.82) is 0 Å². The predicted octanol–water partition coefficient (Wildman–Crippen LogP) is 3.21. The Morgan fingerprint density at radius 2 is 1.18 bits per heavy atom. The summed E-state index contributed by atoms with van der Waals surface area (Å²) in [5.41, 5.74) is 0.0561. The second-order valence-corrected chi connectivity index (χ2v) is 8.74. The van der Waals surface area contributed by atoms with Crippen molar-refractivity contribution < 1.29 is 19.2 Å². The summed E-state index contributed by atoms with van der Waals surface area (Å²) in [4.78, 5) is 55.1. The second-order valence-electron chi connectivity index (χ2n) is 8.74. The summed E-state index contributed by atoms with van der Waals surface area (Å²) in [6.45, 7) is 6.86. The first-order valence-electron chi connectivity index (χ1n) is 9.52. The zero-order valence-corrected chi connectivity index (χ0v) is 16.8. The summed E-state index contributed by atoms with van der Waals surface area (Å²) in [6.07, 6.45) is 12.3. The number of isocyanates is 4. The first-order valence-corrected chi connectivity index (χ1v) is 9.52. The number of aliphatic imine (C=N–C) groups is 4. The molecule has 2 fully saturated rings. The van der Waals surface area contributed by atoms with Gasteiger partial charge in [-0.15, -0.1) is 0 Å². The molecule has 0 saturated heterocycles. The first kappa shape index (κ1) is 23.6. The maximum Gasteiger partial charge on any atom is 0.235 e. The monoisotopic (exact) mass is 388 g/mol. The number of carbonyl (C=O) groups excluding carboxylic acids is 4. The number of rotatable bonds is 5. The maximum absolute atomic E-state index is 10.3. The van der Waals surface area contributed by atoms with Crippen LogP contribution in [0.2, 0.25) is 0 Å². The standard InChI is InChI=1S/C12H18N2O2.C8H10N2O2/c1-11(2)4-10(14-9-16)5-12(3,6-11)7-13-8-15;11-5-9-7-1-2-8(4-3-7)10-6-12/h10H,4-7H2,1-3H3;7-8H,1-4H2. The SMILES string of the molecule is CC1(C)CC(N=C=O)CC(C)(CN=C=O)C1.O=C=NC1CCC(N=C=O)CC1. The average Bonchev–Trinajstić information content (AvgIpc) is 2.61. The Bertz CT molecular complexity index is 678. The highest BCUT2D eigenvalue weighted by Gasteiger charge is 2.41. The zero-order valence-electron chi connectivity index (χ0n) is 16.8. The van der Waals surface area contributed by atoms with E-state index in [9.17, 15) is 19.2 Å². The van der Waals surface area contributed by atoms with Gasteiger partial charge in [0, 0.05) is 0 Å². The van der Waals surface area contributed by atoms with Gasteiger partial charge in [-0.05, 0) is 55.8 Å². The summed E-state index contributed by atoms with van der Waals surface area (Å²) < 4.78 is 0. The molecule has 2 aliphatic carbocycles. The predicted molar refractivity (Wildman–Crippen MR) is 103 cm³/mol. The van der Waals surface area contributed by atoms with Crippen LogP contribution < -0.4 is 0 Å². The van der Waals surface area contributed by atoms with Crippen LogP contribution >= 0.6 is 0 Å². The molecule has 152 valence electrons. The van der Waals surface area contributed by atoms with Gasteiger partial charge in [-0.25, -0.2) is 39.1 Å². The number of hydrogen-bond donors (Lipinski definition) is 0. The van der Waals surface area contributed by atoms with E-state index < -0.39 is 0 Å². The molecular weight excluding hydrogens is 360 g/mol. The largest absolute Gasteiger partial charge is 0.235 e. The Hall–Kier alpha value is -2.48. The van der Waals surface area contributed by atoms with Crippen molar-refractivity contribution in [3.05, 3.63) is 0 Å². The van der Waals surface area contributed by atoms with Crippen LogP contribution in [0.3, 0.4) is 0 Å². The minimum absolute atomic E-state index is 0.00750. The Labute approximate surface area is 165 Å². The molecule has 0 aliphatic heterocycles. The highest BCUT2D eigenvalue weighted by molar-refractivity contribution is 5.35. The molecule has 0 heterocycles. The minimum atomic E-state index is -0.0653. The van der Waals surface area contributed by atoms with E-state index in [4.69, 9.17) is 0 Å². The summed E-state index contributed by atoms with van der Waals surface area (Å²) in [7, 11) is 0. The van der Waals surface area contributed by atoms with E-state index in [-0.39, 0.29) is 29.0 Å². The molecule has 0 N–H and O–H groups in total. The summed E-state index contributed by atoms with van der Waals surface area (Å²) in [5, 5.41) is 0. The van der Waals surface area contributed by atoms with Gasteiger partial charge in [0.1, 0.15) is 0 Å². The topological polar surface area (TPSA) is 118 Å². The van der Waals surface area contributed by atoms with E-state index in [0.717, 1.165) is 44.9 Å². The first-order chi connectivity index (χ1) is 13.3. The lowest BCUT2D eigenvalue weighted by Gasteiger charge is -2.44. The molecule has 0 aromatic rings. The van der Waals surface area contributed by atoms with E-state index >= 15 is 0 Å². The van der Waals surface area contributed by atoms with E-state index in [2.05, 4.69) is 40.7 Å². The van der Waals surface area contributed by atoms with Gasteiger partial charge in [0.25, 0.3) is 0 Å². The van der Waals surface area contributed by atoms with Gasteiger partial charge >= 0.3 is 0 Å². The smallest absolute Gasteiger partial charge is 0.211 e. The molecule has 0 aromatic heterocycles. The van der Waals surface area contributed by atoms with Crippen LogP contribution in [-0.2, 0) is 19.2 Å². The second kappa shape index (κ2) is 11.4. The Morgan fingerprint density at radius 1 is 0.714 bits per heavy atom. The summed E-state index contributed by atoms with van der Waals surface area (Å²) in [6, 6.07) is 0.203. The van der Waals surface area contributed by atoms with Crippen molar-refractivity contribution in [2.45, 2.75) is 83.8 Å². The molecule has 2 saturated carbocycles. The van der Waals surface area contributed by atoms with Crippen molar-refractivity contribution in [2.75, 3.05) is 6.54 Å². The third-order valence-corrected chi connectivity index (χ3v) is 5.32. The fourth-order valence-corrected chi connectivity index (χ4v) is 4.55. The maximum atomic E-state index is 10.3. The van der Waals surface area contributed by atoms with Gasteiger partial charge in [0.2, 0.25) is 24.3 Å². The highest BCUT2D eigenvalue weighted by Crippen LogP contribution is 2.47. The van der Waals surface area contributed by atoms with Crippen molar-refractivity contribution in [3.63, 3.8) is 0 Å². The molecule has 0 aromatic carbocycles. The third-order valence-electron chi connectivity index (χ3n) is 5.32.